The van der Waals surface area contributed by atoms with Crippen molar-refractivity contribution >= 4 is 11.9 Å². The monoisotopic (exact) mass is 505 g/mol. The van der Waals surface area contributed by atoms with Crippen molar-refractivity contribution < 1.29 is 33.6 Å². The van der Waals surface area contributed by atoms with E-state index in [1.807, 2.05) is 26.0 Å². The lowest BCUT2D eigenvalue weighted by molar-refractivity contribution is -0.180. The molecule has 8 heteroatoms. The Morgan fingerprint density at radius 2 is 1.97 bits per heavy atom. The second-order valence-corrected chi connectivity index (χ2v) is 10.5. The first-order valence-electron chi connectivity index (χ1n) is 13.2. The Kier molecular flexibility index (Phi) is 10.3. The van der Waals surface area contributed by atoms with Crippen molar-refractivity contribution in [1.29, 1.82) is 0 Å². The van der Waals surface area contributed by atoms with Crippen LogP contribution in [0, 0.1) is 5.92 Å². The fourth-order valence-corrected chi connectivity index (χ4v) is 5.30. The molecule has 0 saturated carbocycles. The van der Waals surface area contributed by atoms with Crippen LogP contribution in [-0.2, 0) is 28.5 Å². The van der Waals surface area contributed by atoms with Crippen molar-refractivity contribution in [2.45, 2.75) is 109 Å². The molecule has 0 aromatic rings. The van der Waals surface area contributed by atoms with Gasteiger partial charge in [0.25, 0.3) is 0 Å². The molecule has 0 unspecified atom stereocenters. The number of nitrogens with one attached hydrogen (secondary N) is 1. The third kappa shape index (κ3) is 7.75. The van der Waals surface area contributed by atoms with Crippen LogP contribution >= 0.6 is 0 Å². The largest absolute Gasteiger partial charge is 0.459 e. The van der Waals surface area contributed by atoms with Crippen molar-refractivity contribution in [1.82, 2.24) is 5.32 Å². The van der Waals surface area contributed by atoms with Gasteiger partial charge in [0.2, 0.25) is 5.91 Å². The van der Waals surface area contributed by atoms with Crippen LogP contribution in [-0.4, -0.2) is 72.4 Å². The number of aliphatic hydroxyl groups excluding tert-OH is 1. The summed E-state index contributed by atoms with van der Waals surface area (Å²) in [5, 5.41) is 13.8. The van der Waals surface area contributed by atoms with Gasteiger partial charge in [0.05, 0.1) is 30.5 Å². The molecule has 36 heavy (non-hydrogen) atoms. The average molecular weight is 506 g/mol. The molecule has 3 saturated heterocycles. The molecular weight excluding hydrogens is 462 g/mol. The summed E-state index contributed by atoms with van der Waals surface area (Å²) in [6.45, 7) is 10.5. The molecule has 8 nitrogen and oxygen atoms in total. The van der Waals surface area contributed by atoms with Crippen molar-refractivity contribution in [3.05, 3.63) is 36.0 Å². The van der Waals surface area contributed by atoms with Crippen LogP contribution in [0.25, 0.3) is 0 Å². The van der Waals surface area contributed by atoms with Gasteiger partial charge in [-0.05, 0) is 58.4 Å². The maximum atomic E-state index is 12.3. The highest BCUT2D eigenvalue weighted by Crippen LogP contribution is 2.38. The number of hydrogen-bond donors (Lipinski definition) is 2. The standard InChI is InChI=1S/C28H43NO7/c1-18(8-11-25-27(32)28(14-16-33-25)13-6-15-34-28)7-10-24-19(2)17-23(21(4)36-24)29-26(31)12-9-20(3)35-22(5)30/h7-9,11-12,19-21,23-25,27,32H,6,10,13-17H2,1-5H3,(H,29,31)/b11-8+,12-9-,18-7+/t19-,20-,21+,23+,24-,25+,27+,28-/m0/s1. The minimum atomic E-state index is -0.646. The molecule has 3 heterocycles. The molecule has 3 aliphatic rings. The van der Waals surface area contributed by atoms with E-state index in [2.05, 4.69) is 18.3 Å². The molecule has 8 atom stereocenters. The summed E-state index contributed by atoms with van der Waals surface area (Å²) in [7, 11) is 0. The molecule has 3 aliphatic heterocycles. The van der Waals surface area contributed by atoms with Crippen LogP contribution in [0.3, 0.4) is 0 Å². The summed E-state index contributed by atoms with van der Waals surface area (Å²) in [5.41, 5.74) is 0.637. The van der Waals surface area contributed by atoms with E-state index >= 15 is 0 Å². The zero-order chi connectivity index (χ0) is 26.3. The minimum Gasteiger partial charge on any atom is -0.459 e. The second kappa shape index (κ2) is 13.0. The Labute approximate surface area is 215 Å². The molecule has 2 N–H and O–H groups in total. The summed E-state index contributed by atoms with van der Waals surface area (Å²) in [6, 6.07) is -0.0857. The van der Waals surface area contributed by atoms with E-state index in [-0.39, 0.29) is 42.1 Å². The molecule has 0 bridgehead atoms. The number of esters is 1. The Morgan fingerprint density at radius 1 is 1.19 bits per heavy atom. The van der Waals surface area contributed by atoms with Crippen LogP contribution < -0.4 is 5.32 Å². The lowest BCUT2D eigenvalue weighted by atomic mass is 9.84. The fraction of sp³-hybridized carbons (Fsp3) is 0.714. The van der Waals surface area contributed by atoms with Gasteiger partial charge in [-0.3, -0.25) is 9.59 Å². The highest BCUT2D eigenvalue weighted by molar-refractivity contribution is 5.87. The van der Waals surface area contributed by atoms with E-state index in [1.165, 1.54) is 13.0 Å². The molecule has 1 amide bonds. The molecular formula is C28H43NO7. The van der Waals surface area contributed by atoms with Gasteiger partial charge < -0.3 is 29.4 Å². The topological polar surface area (TPSA) is 103 Å². The first-order chi connectivity index (χ1) is 17.1. The summed E-state index contributed by atoms with van der Waals surface area (Å²) in [6.07, 6.45) is 11.7. The van der Waals surface area contributed by atoms with E-state index in [4.69, 9.17) is 18.9 Å². The van der Waals surface area contributed by atoms with Gasteiger partial charge >= 0.3 is 5.97 Å². The molecule has 1 spiro atoms. The number of hydrogen-bond acceptors (Lipinski definition) is 7. The zero-order valence-corrected chi connectivity index (χ0v) is 22.3. The summed E-state index contributed by atoms with van der Waals surface area (Å²) in [4.78, 5) is 23.3. The van der Waals surface area contributed by atoms with E-state index in [0.29, 0.717) is 13.2 Å². The number of rotatable bonds is 8. The van der Waals surface area contributed by atoms with Crippen molar-refractivity contribution in [2.75, 3.05) is 13.2 Å². The molecule has 3 rings (SSSR count). The highest BCUT2D eigenvalue weighted by Gasteiger charge is 2.48. The predicted octanol–water partition coefficient (Wildman–Crippen LogP) is 3.38. The molecule has 0 aromatic carbocycles. The average Bonchev–Trinajstić information content (AvgIpc) is 3.29. The lowest BCUT2D eigenvalue weighted by Crippen LogP contribution is -2.53. The van der Waals surface area contributed by atoms with Gasteiger partial charge in [-0.25, -0.2) is 0 Å². The SMILES string of the molecule is CC(=O)O[C@@H](C)/C=C\C(=O)N[C@@H]1C[C@H](C)[C@H](C/C=C(C)/C=C/[C@H]2OCC[C@@]3(CCCO3)[C@@H]2O)O[C@@H]1C. The maximum Gasteiger partial charge on any atom is 0.303 e. The van der Waals surface area contributed by atoms with Gasteiger partial charge in [-0.2, -0.15) is 0 Å². The first-order valence-corrected chi connectivity index (χ1v) is 13.2. The zero-order valence-electron chi connectivity index (χ0n) is 22.3. The number of amides is 1. The van der Waals surface area contributed by atoms with E-state index in [0.717, 1.165) is 37.7 Å². The molecule has 3 fully saturated rings. The second-order valence-electron chi connectivity index (χ2n) is 10.5. The lowest BCUT2D eigenvalue weighted by Gasteiger charge is -2.41. The van der Waals surface area contributed by atoms with Crippen LogP contribution in [0.1, 0.15) is 66.7 Å². The smallest absolute Gasteiger partial charge is 0.303 e. The quantitative estimate of drug-likeness (QED) is 0.296. The Morgan fingerprint density at radius 3 is 2.67 bits per heavy atom. The Hall–Kier alpha value is -2.00. The number of aliphatic hydroxyl groups is 1. The Balaban J connectivity index is 1.47. The van der Waals surface area contributed by atoms with E-state index in [1.54, 1.807) is 13.0 Å². The van der Waals surface area contributed by atoms with Crippen molar-refractivity contribution in [2.24, 2.45) is 5.92 Å². The van der Waals surface area contributed by atoms with Gasteiger partial charge in [-0.1, -0.05) is 30.7 Å². The van der Waals surface area contributed by atoms with Gasteiger partial charge in [0, 0.05) is 26.0 Å². The number of carbonyl (C=O) groups excluding carboxylic acids is 2. The molecule has 0 radical (unpaired) electrons. The van der Waals surface area contributed by atoms with Gasteiger partial charge in [0.1, 0.15) is 18.3 Å². The van der Waals surface area contributed by atoms with Crippen LogP contribution in [0.2, 0.25) is 0 Å². The molecule has 0 aliphatic carbocycles. The van der Waals surface area contributed by atoms with E-state index < -0.39 is 17.8 Å². The van der Waals surface area contributed by atoms with Crippen molar-refractivity contribution in [3.63, 3.8) is 0 Å². The van der Waals surface area contributed by atoms with Crippen LogP contribution in [0.5, 0.6) is 0 Å². The third-order valence-corrected chi connectivity index (χ3v) is 7.46. The Bertz CT molecular complexity index is 845. The van der Waals surface area contributed by atoms with Crippen LogP contribution in [0.15, 0.2) is 36.0 Å². The number of allylic oxidation sites excluding steroid dienone is 2. The predicted molar refractivity (Wildman–Crippen MR) is 136 cm³/mol. The number of ether oxygens (including phenoxy) is 4. The van der Waals surface area contributed by atoms with Crippen LogP contribution in [0.4, 0.5) is 0 Å². The van der Waals surface area contributed by atoms with E-state index in [9.17, 15) is 14.7 Å². The molecule has 0 aromatic heterocycles. The van der Waals surface area contributed by atoms with Gasteiger partial charge in [0.15, 0.2) is 0 Å². The maximum absolute atomic E-state index is 12.3. The summed E-state index contributed by atoms with van der Waals surface area (Å²) < 4.78 is 23.0. The fourth-order valence-electron chi connectivity index (χ4n) is 5.30. The number of carbonyl (C=O) groups is 2. The molecule has 202 valence electrons. The van der Waals surface area contributed by atoms with Crippen molar-refractivity contribution in [3.8, 4) is 0 Å². The van der Waals surface area contributed by atoms with Gasteiger partial charge in [-0.15, -0.1) is 0 Å². The third-order valence-electron chi connectivity index (χ3n) is 7.46. The minimum absolute atomic E-state index is 0.0581. The highest BCUT2D eigenvalue weighted by atomic mass is 16.6. The summed E-state index contributed by atoms with van der Waals surface area (Å²) in [5.74, 6) is -0.335. The normalized spacial score (nSPS) is 36.4. The first kappa shape index (κ1) is 28.6. The summed E-state index contributed by atoms with van der Waals surface area (Å²) >= 11 is 0.